The van der Waals surface area contributed by atoms with Crippen molar-refractivity contribution in [1.29, 1.82) is 0 Å². The van der Waals surface area contributed by atoms with Crippen LogP contribution >= 0.6 is 11.6 Å². The normalized spacial score (nSPS) is 24.2. The predicted octanol–water partition coefficient (Wildman–Crippen LogP) is 4.47. The summed E-state index contributed by atoms with van der Waals surface area (Å²) in [6, 6.07) is 4.09. The molecule has 3 rings (SSSR count). The van der Waals surface area contributed by atoms with E-state index in [9.17, 15) is 4.79 Å². The van der Waals surface area contributed by atoms with Gasteiger partial charge < -0.3 is 9.38 Å². The largest absolute Gasteiger partial charge is 0.314 e. The third-order valence-corrected chi connectivity index (χ3v) is 6.37. The average molecular weight is 350 g/mol. The SMILES string of the molecule is CC[N+]1(C2CCN(c3c(C)cc(Cl)cc3C)C2=O)CCCCCC1. The van der Waals surface area contributed by atoms with Crippen molar-refractivity contribution >= 4 is 23.2 Å². The molecule has 1 atom stereocenters. The van der Waals surface area contributed by atoms with Gasteiger partial charge in [0.25, 0.3) is 5.91 Å². The highest BCUT2D eigenvalue weighted by Gasteiger charge is 2.47. The zero-order chi connectivity index (χ0) is 17.3. The van der Waals surface area contributed by atoms with E-state index in [2.05, 4.69) is 20.8 Å². The lowest BCUT2D eigenvalue weighted by Gasteiger charge is -2.41. The maximum Gasteiger partial charge on any atom is 0.285 e. The van der Waals surface area contributed by atoms with E-state index in [0.29, 0.717) is 5.91 Å². The van der Waals surface area contributed by atoms with Crippen LogP contribution in [0.2, 0.25) is 5.02 Å². The van der Waals surface area contributed by atoms with Crippen LogP contribution in [0.3, 0.4) is 0 Å². The van der Waals surface area contributed by atoms with Crippen molar-refractivity contribution in [2.24, 2.45) is 0 Å². The number of likely N-dealkylation sites (tertiary alicyclic amines) is 1. The summed E-state index contributed by atoms with van der Waals surface area (Å²) in [4.78, 5) is 15.4. The van der Waals surface area contributed by atoms with E-state index < -0.39 is 0 Å². The molecule has 0 spiro atoms. The van der Waals surface area contributed by atoms with E-state index in [-0.39, 0.29) is 6.04 Å². The number of carbonyl (C=O) groups is 1. The number of nitrogens with zero attached hydrogens (tertiary/aromatic N) is 2. The molecule has 3 nitrogen and oxygen atoms in total. The summed E-state index contributed by atoms with van der Waals surface area (Å²) >= 11 is 6.17. The molecule has 24 heavy (non-hydrogen) atoms. The van der Waals surface area contributed by atoms with Crippen molar-refractivity contribution in [3.8, 4) is 0 Å². The van der Waals surface area contributed by atoms with E-state index in [1.807, 2.05) is 17.0 Å². The van der Waals surface area contributed by atoms with Gasteiger partial charge in [-0.3, -0.25) is 4.79 Å². The third kappa shape index (κ3) is 3.09. The monoisotopic (exact) mass is 349 g/mol. The van der Waals surface area contributed by atoms with Gasteiger partial charge in [-0.05, 0) is 69.7 Å². The summed E-state index contributed by atoms with van der Waals surface area (Å²) in [6.07, 6.45) is 6.14. The first-order valence-electron chi connectivity index (χ1n) is 9.42. The molecule has 1 aromatic rings. The van der Waals surface area contributed by atoms with Crippen LogP contribution < -0.4 is 4.90 Å². The zero-order valence-electron chi connectivity index (χ0n) is 15.3. The minimum Gasteiger partial charge on any atom is -0.314 e. The number of likely N-dealkylation sites (N-methyl/N-ethyl adjacent to an activating group) is 1. The van der Waals surface area contributed by atoms with Crippen LogP contribution in [0, 0.1) is 13.8 Å². The molecule has 0 N–H and O–H groups in total. The number of rotatable bonds is 3. The lowest BCUT2D eigenvalue weighted by molar-refractivity contribution is -0.939. The molecular weight excluding hydrogens is 320 g/mol. The molecule has 2 aliphatic rings. The number of anilines is 1. The van der Waals surface area contributed by atoms with Gasteiger partial charge in [0.1, 0.15) is 0 Å². The summed E-state index contributed by atoms with van der Waals surface area (Å²) in [7, 11) is 0. The lowest BCUT2D eigenvalue weighted by Crippen LogP contribution is -2.58. The van der Waals surface area contributed by atoms with E-state index in [1.165, 1.54) is 38.8 Å². The summed E-state index contributed by atoms with van der Waals surface area (Å²) in [6.45, 7) is 10.6. The number of quaternary nitrogens is 1. The smallest absolute Gasteiger partial charge is 0.285 e. The second-order valence-corrected chi connectivity index (χ2v) is 8.02. The van der Waals surface area contributed by atoms with Gasteiger partial charge in [-0.15, -0.1) is 0 Å². The molecule has 0 radical (unpaired) electrons. The molecule has 2 heterocycles. The quantitative estimate of drug-likeness (QED) is 0.737. The summed E-state index contributed by atoms with van der Waals surface area (Å²) in [5.74, 6) is 0.326. The predicted molar refractivity (Wildman–Crippen MR) is 101 cm³/mol. The third-order valence-electron chi connectivity index (χ3n) is 6.15. The van der Waals surface area contributed by atoms with Crippen LogP contribution in [0.4, 0.5) is 5.69 Å². The molecule has 132 valence electrons. The Morgan fingerprint density at radius 1 is 1.12 bits per heavy atom. The Hall–Kier alpha value is -1.06. The molecule has 1 aromatic carbocycles. The van der Waals surface area contributed by atoms with Crippen molar-refractivity contribution in [3.63, 3.8) is 0 Å². The van der Waals surface area contributed by atoms with Crippen molar-refractivity contribution in [3.05, 3.63) is 28.3 Å². The molecule has 1 unspecified atom stereocenters. The van der Waals surface area contributed by atoms with Crippen molar-refractivity contribution in [1.82, 2.24) is 0 Å². The molecule has 0 saturated carbocycles. The van der Waals surface area contributed by atoms with E-state index in [1.54, 1.807) is 0 Å². The molecule has 0 aliphatic carbocycles. The topological polar surface area (TPSA) is 20.3 Å². The van der Waals surface area contributed by atoms with E-state index in [0.717, 1.165) is 45.8 Å². The highest BCUT2D eigenvalue weighted by molar-refractivity contribution is 6.30. The van der Waals surface area contributed by atoms with Crippen LogP contribution in [0.5, 0.6) is 0 Å². The second kappa shape index (κ2) is 7.05. The number of hydrogen-bond donors (Lipinski definition) is 0. The Kier molecular flexibility index (Phi) is 5.22. The molecule has 0 aromatic heterocycles. The van der Waals surface area contributed by atoms with Crippen molar-refractivity contribution < 1.29 is 9.28 Å². The molecule has 2 aliphatic heterocycles. The van der Waals surface area contributed by atoms with Crippen molar-refractivity contribution in [2.45, 2.75) is 58.9 Å². The summed E-state index contributed by atoms with van der Waals surface area (Å²) < 4.78 is 1.00. The Labute approximate surface area is 151 Å². The highest BCUT2D eigenvalue weighted by atomic mass is 35.5. The minimum atomic E-state index is 0.141. The van der Waals surface area contributed by atoms with Gasteiger partial charge in [0, 0.05) is 23.7 Å². The fourth-order valence-electron chi connectivity index (χ4n) is 4.89. The zero-order valence-corrected chi connectivity index (χ0v) is 16.0. The number of amides is 1. The minimum absolute atomic E-state index is 0.141. The van der Waals surface area contributed by atoms with Gasteiger partial charge in [-0.25, -0.2) is 0 Å². The number of benzene rings is 1. The fraction of sp³-hybridized carbons (Fsp3) is 0.650. The standard InChI is InChI=1S/C20H30ClN2O/c1-4-23(11-7-5-6-8-12-23)18-9-10-22(20(18)24)19-15(2)13-17(21)14-16(19)3/h13-14,18H,4-12H2,1-3H3/q+1. The van der Waals surface area contributed by atoms with Crippen LogP contribution in [0.15, 0.2) is 12.1 Å². The maximum absolute atomic E-state index is 13.3. The Balaban J connectivity index is 1.90. The van der Waals surface area contributed by atoms with Gasteiger partial charge in [-0.2, -0.15) is 0 Å². The van der Waals surface area contributed by atoms with Crippen LogP contribution in [0.1, 0.15) is 50.2 Å². The Morgan fingerprint density at radius 3 is 2.25 bits per heavy atom. The first-order chi connectivity index (χ1) is 11.5. The van der Waals surface area contributed by atoms with Crippen molar-refractivity contribution in [2.75, 3.05) is 31.1 Å². The van der Waals surface area contributed by atoms with Crippen LogP contribution in [-0.2, 0) is 4.79 Å². The fourth-order valence-corrected chi connectivity index (χ4v) is 5.22. The first kappa shape index (κ1) is 17.8. The van der Waals surface area contributed by atoms with Crippen LogP contribution in [-0.4, -0.2) is 42.6 Å². The molecule has 4 heteroatoms. The molecule has 2 saturated heterocycles. The highest BCUT2D eigenvalue weighted by Crippen LogP contribution is 2.35. The number of halogens is 1. The Bertz CT molecular complexity index is 597. The van der Waals surface area contributed by atoms with Gasteiger partial charge >= 0.3 is 0 Å². The first-order valence-corrected chi connectivity index (χ1v) is 9.80. The Morgan fingerprint density at radius 2 is 1.71 bits per heavy atom. The molecule has 1 amide bonds. The molecule has 2 fully saturated rings. The van der Waals surface area contributed by atoms with Crippen LogP contribution in [0.25, 0.3) is 0 Å². The summed E-state index contributed by atoms with van der Waals surface area (Å²) in [5.41, 5.74) is 3.29. The van der Waals surface area contributed by atoms with E-state index >= 15 is 0 Å². The van der Waals surface area contributed by atoms with Gasteiger partial charge in [0.2, 0.25) is 0 Å². The number of aryl methyl sites for hydroxylation is 2. The average Bonchev–Trinajstić information content (AvgIpc) is 2.77. The summed E-state index contributed by atoms with van der Waals surface area (Å²) in [5, 5.41) is 0.751. The number of hydrogen-bond acceptors (Lipinski definition) is 1. The van der Waals surface area contributed by atoms with Gasteiger partial charge in [0.05, 0.1) is 19.6 Å². The lowest BCUT2D eigenvalue weighted by atomic mass is 10.1. The molecule has 0 bridgehead atoms. The van der Waals surface area contributed by atoms with E-state index in [4.69, 9.17) is 11.6 Å². The van der Waals surface area contributed by atoms with Gasteiger partial charge in [0.15, 0.2) is 6.04 Å². The number of carbonyl (C=O) groups excluding carboxylic acids is 1. The van der Waals surface area contributed by atoms with Gasteiger partial charge in [-0.1, -0.05) is 11.6 Å². The molecular formula is C20H30ClN2O+. The maximum atomic E-state index is 13.3. The second-order valence-electron chi connectivity index (χ2n) is 7.58.